The largest absolute Gasteiger partial charge is 0.481 e. The standard InChI is InChI=1S/C16H21N5O2/c1-11-9-15(20(2)19-11)21-8-7-13(16(21)22)17-10-12-5-4-6-14(18-12)23-3/h4-6,9,13,17H,7-8,10H2,1-3H3/t13-/m0/s1. The van der Waals surface area contributed by atoms with Gasteiger partial charge in [-0.15, -0.1) is 0 Å². The Morgan fingerprint density at radius 2 is 2.26 bits per heavy atom. The molecule has 2 aromatic heterocycles. The second-order valence-electron chi connectivity index (χ2n) is 5.65. The summed E-state index contributed by atoms with van der Waals surface area (Å²) in [7, 11) is 3.45. The van der Waals surface area contributed by atoms with Gasteiger partial charge in [0.25, 0.3) is 0 Å². The van der Waals surface area contributed by atoms with Crippen LogP contribution in [0.2, 0.25) is 0 Å². The molecule has 0 aromatic carbocycles. The zero-order valence-corrected chi connectivity index (χ0v) is 13.6. The Kier molecular flexibility index (Phi) is 4.29. The van der Waals surface area contributed by atoms with Crippen LogP contribution in [0.5, 0.6) is 5.88 Å². The Morgan fingerprint density at radius 3 is 2.96 bits per heavy atom. The highest BCUT2D eigenvalue weighted by molar-refractivity contribution is 5.98. The van der Waals surface area contributed by atoms with Crippen molar-refractivity contribution in [2.45, 2.75) is 25.9 Å². The van der Waals surface area contributed by atoms with E-state index < -0.39 is 0 Å². The van der Waals surface area contributed by atoms with Gasteiger partial charge in [-0.05, 0) is 19.4 Å². The van der Waals surface area contributed by atoms with Crippen molar-refractivity contribution < 1.29 is 9.53 Å². The third-order valence-electron chi connectivity index (χ3n) is 3.98. The van der Waals surface area contributed by atoms with Gasteiger partial charge in [0.15, 0.2) is 0 Å². The molecule has 0 saturated carbocycles. The van der Waals surface area contributed by atoms with E-state index >= 15 is 0 Å². The maximum Gasteiger partial charge on any atom is 0.245 e. The molecule has 0 unspecified atom stereocenters. The predicted molar refractivity (Wildman–Crippen MR) is 86.3 cm³/mol. The lowest BCUT2D eigenvalue weighted by Gasteiger charge is -2.17. The van der Waals surface area contributed by atoms with E-state index in [-0.39, 0.29) is 11.9 Å². The second kappa shape index (κ2) is 6.37. The van der Waals surface area contributed by atoms with Gasteiger partial charge in [-0.25, -0.2) is 4.98 Å². The number of aryl methyl sites for hydroxylation is 2. The van der Waals surface area contributed by atoms with Gasteiger partial charge in [0.1, 0.15) is 5.82 Å². The summed E-state index contributed by atoms with van der Waals surface area (Å²) in [6.07, 6.45) is 0.771. The van der Waals surface area contributed by atoms with Gasteiger partial charge in [0.05, 0.1) is 24.5 Å². The van der Waals surface area contributed by atoms with Crippen LogP contribution in [-0.2, 0) is 18.4 Å². The average molecular weight is 315 g/mol. The van der Waals surface area contributed by atoms with Crippen molar-refractivity contribution >= 4 is 11.7 Å². The van der Waals surface area contributed by atoms with E-state index in [1.807, 2.05) is 32.2 Å². The van der Waals surface area contributed by atoms with Crippen LogP contribution < -0.4 is 15.0 Å². The van der Waals surface area contributed by atoms with Crippen molar-refractivity contribution in [2.75, 3.05) is 18.6 Å². The Balaban J connectivity index is 1.64. The van der Waals surface area contributed by atoms with Crippen molar-refractivity contribution in [1.82, 2.24) is 20.1 Å². The van der Waals surface area contributed by atoms with E-state index in [1.165, 1.54) is 0 Å². The topological polar surface area (TPSA) is 72.3 Å². The minimum absolute atomic E-state index is 0.0795. The Labute approximate surface area is 135 Å². The van der Waals surface area contributed by atoms with Crippen molar-refractivity contribution in [3.05, 3.63) is 35.7 Å². The molecule has 7 nitrogen and oxygen atoms in total. The monoisotopic (exact) mass is 315 g/mol. The molecule has 7 heteroatoms. The normalized spacial score (nSPS) is 17.8. The summed E-state index contributed by atoms with van der Waals surface area (Å²) >= 11 is 0. The van der Waals surface area contributed by atoms with E-state index in [0.29, 0.717) is 19.0 Å². The van der Waals surface area contributed by atoms with Crippen LogP contribution in [0.15, 0.2) is 24.3 Å². The molecule has 0 spiro atoms. The van der Waals surface area contributed by atoms with Gasteiger partial charge < -0.3 is 10.1 Å². The molecule has 1 aliphatic rings. The van der Waals surface area contributed by atoms with Crippen LogP contribution in [0.25, 0.3) is 0 Å². The number of hydrogen-bond acceptors (Lipinski definition) is 5. The molecule has 0 aliphatic carbocycles. The maximum absolute atomic E-state index is 12.6. The summed E-state index contributed by atoms with van der Waals surface area (Å²) in [6.45, 7) is 3.15. The van der Waals surface area contributed by atoms with E-state index in [4.69, 9.17) is 4.74 Å². The summed E-state index contributed by atoms with van der Waals surface area (Å²) in [5.41, 5.74) is 1.76. The summed E-state index contributed by atoms with van der Waals surface area (Å²) in [6, 6.07) is 7.35. The van der Waals surface area contributed by atoms with Crippen LogP contribution in [-0.4, -0.2) is 40.4 Å². The molecular formula is C16H21N5O2. The summed E-state index contributed by atoms with van der Waals surface area (Å²) in [4.78, 5) is 18.7. The molecule has 1 aliphatic heterocycles. The number of nitrogens with zero attached hydrogens (tertiary/aromatic N) is 4. The molecule has 0 bridgehead atoms. The fourth-order valence-electron chi connectivity index (χ4n) is 2.84. The van der Waals surface area contributed by atoms with Crippen LogP contribution in [0, 0.1) is 6.92 Å². The lowest BCUT2D eigenvalue weighted by Crippen LogP contribution is -2.38. The Hall–Kier alpha value is -2.41. The first kappa shape index (κ1) is 15.5. The van der Waals surface area contributed by atoms with Crippen molar-refractivity contribution in [3.8, 4) is 5.88 Å². The zero-order valence-electron chi connectivity index (χ0n) is 13.6. The Morgan fingerprint density at radius 1 is 1.43 bits per heavy atom. The number of ether oxygens (including phenoxy) is 1. The van der Waals surface area contributed by atoms with Crippen LogP contribution >= 0.6 is 0 Å². The number of carbonyl (C=O) groups excluding carboxylic acids is 1. The van der Waals surface area contributed by atoms with Crippen LogP contribution in [0.4, 0.5) is 5.82 Å². The van der Waals surface area contributed by atoms with E-state index in [0.717, 1.165) is 23.6 Å². The molecule has 0 radical (unpaired) electrons. The number of amides is 1. The highest BCUT2D eigenvalue weighted by Crippen LogP contribution is 2.22. The molecule has 23 heavy (non-hydrogen) atoms. The van der Waals surface area contributed by atoms with Crippen molar-refractivity contribution in [2.24, 2.45) is 7.05 Å². The summed E-state index contributed by atoms with van der Waals surface area (Å²) < 4.78 is 6.86. The summed E-state index contributed by atoms with van der Waals surface area (Å²) in [5.74, 6) is 1.50. The first-order chi connectivity index (χ1) is 11.1. The molecule has 1 atom stereocenters. The van der Waals surface area contributed by atoms with E-state index in [9.17, 15) is 4.79 Å². The van der Waals surface area contributed by atoms with Crippen LogP contribution in [0.3, 0.4) is 0 Å². The molecule has 1 fully saturated rings. The smallest absolute Gasteiger partial charge is 0.245 e. The quantitative estimate of drug-likeness (QED) is 0.892. The highest BCUT2D eigenvalue weighted by atomic mass is 16.5. The first-order valence-corrected chi connectivity index (χ1v) is 7.64. The lowest BCUT2D eigenvalue weighted by molar-refractivity contribution is -0.118. The van der Waals surface area contributed by atoms with E-state index in [1.54, 1.807) is 22.8 Å². The third kappa shape index (κ3) is 3.19. The molecule has 2 aromatic rings. The first-order valence-electron chi connectivity index (χ1n) is 7.64. The van der Waals surface area contributed by atoms with Gasteiger partial charge in [-0.2, -0.15) is 5.10 Å². The van der Waals surface area contributed by atoms with Crippen molar-refractivity contribution in [1.29, 1.82) is 0 Å². The second-order valence-corrected chi connectivity index (χ2v) is 5.65. The number of aromatic nitrogens is 3. The lowest BCUT2D eigenvalue weighted by atomic mass is 10.2. The molecule has 1 saturated heterocycles. The fraction of sp³-hybridized carbons (Fsp3) is 0.438. The minimum atomic E-state index is -0.196. The van der Waals surface area contributed by atoms with Gasteiger partial charge in [0, 0.05) is 32.3 Å². The van der Waals surface area contributed by atoms with E-state index in [2.05, 4.69) is 15.4 Å². The van der Waals surface area contributed by atoms with Crippen LogP contribution in [0.1, 0.15) is 17.8 Å². The Bertz CT molecular complexity index is 712. The zero-order chi connectivity index (χ0) is 16.4. The third-order valence-corrected chi connectivity index (χ3v) is 3.98. The number of nitrogens with one attached hydrogen (secondary N) is 1. The SMILES string of the molecule is COc1cccc(CN[C@H]2CCN(c3cc(C)nn3C)C2=O)n1. The van der Waals surface area contributed by atoms with Gasteiger partial charge in [0.2, 0.25) is 11.8 Å². The number of methoxy groups -OCH3 is 1. The molecular weight excluding hydrogens is 294 g/mol. The molecule has 3 heterocycles. The molecule has 1 N–H and O–H groups in total. The number of anilines is 1. The minimum Gasteiger partial charge on any atom is -0.481 e. The molecule has 1 amide bonds. The van der Waals surface area contributed by atoms with Crippen molar-refractivity contribution in [3.63, 3.8) is 0 Å². The summed E-state index contributed by atoms with van der Waals surface area (Å²) in [5, 5.41) is 7.59. The number of rotatable bonds is 5. The number of carbonyl (C=O) groups is 1. The highest BCUT2D eigenvalue weighted by Gasteiger charge is 2.33. The number of hydrogen-bond donors (Lipinski definition) is 1. The predicted octanol–water partition coefficient (Wildman–Crippen LogP) is 1.03. The molecule has 122 valence electrons. The molecule has 3 rings (SSSR count). The van der Waals surface area contributed by atoms with Gasteiger partial charge in [-0.3, -0.25) is 14.4 Å². The maximum atomic E-state index is 12.6. The number of pyridine rings is 1. The van der Waals surface area contributed by atoms with Gasteiger partial charge >= 0.3 is 0 Å². The van der Waals surface area contributed by atoms with Gasteiger partial charge in [-0.1, -0.05) is 6.07 Å². The fourth-order valence-corrected chi connectivity index (χ4v) is 2.84. The average Bonchev–Trinajstić information content (AvgIpc) is 3.07.